The maximum Gasteiger partial charge on any atom is 0.251 e. The van der Waals surface area contributed by atoms with E-state index in [1.807, 2.05) is 88.5 Å². The Bertz CT molecular complexity index is 1860. The summed E-state index contributed by atoms with van der Waals surface area (Å²) in [7, 11) is 7.94. The van der Waals surface area contributed by atoms with Gasteiger partial charge in [-0.25, -0.2) is 0 Å². The molecule has 4 aliphatic rings. The van der Waals surface area contributed by atoms with E-state index in [0.717, 1.165) is 46.7 Å². The fraction of sp³-hybridized carbons (Fsp3) is 0.583. The molecule has 3 N–H and O–H groups in total. The van der Waals surface area contributed by atoms with Crippen molar-refractivity contribution in [2.45, 2.75) is 97.6 Å². The van der Waals surface area contributed by atoms with Gasteiger partial charge in [-0.15, -0.1) is 0 Å². The van der Waals surface area contributed by atoms with Crippen molar-refractivity contribution in [1.82, 2.24) is 15.3 Å². The molecule has 3 aromatic carbocycles. The van der Waals surface area contributed by atoms with Gasteiger partial charge < -0.3 is 30.1 Å². The minimum Gasteiger partial charge on any atom is -0.493 e. The van der Waals surface area contributed by atoms with Crippen LogP contribution in [0.1, 0.15) is 81.8 Å². The number of hydrogen-bond acceptors (Lipinski definition) is 9. The Hall–Kier alpha value is -3.80. The van der Waals surface area contributed by atoms with Gasteiger partial charge in [0.15, 0.2) is 5.78 Å². The van der Waals surface area contributed by atoms with Crippen LogP contribution in [0.5, 0.6) is 5.75 Å². The lowest BCUT2D eigenvalue weighted by atomic mass is 9.43. The molecule has 1 saturated heterocycles. The summed E-state index contributed by atoms with van der Waals surface area (Å²) in [6.07, 6.45) is 2.81. The fourth-order valence-corrected chi connectivity index (χ4v) is 10.4. The number of hydrogen-bond donors (Lipinski definition) is 3. The zero-order valence-electron chi connectivity index (χ0n) is 36.3. The van der Waals surface area contributed by atoms with Crippen molar-refractivity contribution < 1.29 is 29.4 Å². The standard InChI is InChI=1S/C48H68N4O6/c1-10-57-46-34(27-52-45(44(31(3)54)43(29-53)58-52)42(55)20-19-33-23-37-26-41(30(33)2)48(37,4)5)17-14-18-40(46)35-22-36(25-39(24-35)51(8)9)47(56)49-38(28-50(6)7)21-32-15-12-11-13-16-32/h11-18,22,24-25,30-31,33,37-38,41,43-45,53-54H,10,19-21,23,26-29H2,1-9H3,(H,49,56)/t30-,31+,33+,37+,38-,41+,43+,44-,45-/m1/s1. The van der Waals surface area contributed by atoms with Crippen LogP contribution in [-0.2, 0) is 22.6 Å². The Morgan fingerprint density at radius 1 is 1.03 bits per heavy atom. The monoisotopic (exact) mass is 797 g/mol. The lowest BCUT2D eigenvalue weighted by Crippen LogP contribution is -2.55. The minimum atomic E-state index is -0.862. The largest absolute Gasteiger partial charge is 0.493 e. The Balaban J connectivity index is 1.27. The molecule has 316 valence electrons. The summed E-state index contributed by atoms with van der Waals surface area (Å²) in [5.74, 6) is 2.44. The van der Waals surface area contributed by atoms with E-state index in [-0.39, 0.29) is 30.9 Å². The second-order valence-corrected chi connectivity index (χ2v) is 18.4. The number of hydroxylamine groups is 2. The van der Waals surface area contributed by atoms with Crippen LogP contribution >= 0.6 is 0 Å². The van der Waals surface area contributed by atoms with Crippen molar-refractivity contribution in [2.75, 3.05) is 52.8 Å². The van der Waals surface area contributed by atoms with Crippen molar-refractivity contribution >= 4 is 17.4 Å². The minimum absolute atomic E-state index is 0.0378. The fourth-order valence-electron chi connectivity index (χ4n) is 10.4. The van der Waals surface area contributed by atoms with Crippen LogP contribution in [0.3, 0.4) is 0 Å². The highest BCUT2D eigenvalue weighted by molar-refractivity contribution is 5.97. The second kappa shape index (κ2) is 18.6. The number of nitrogens with one attached hydrogen (secondary N) is 1. The highest BCUT2D eigenvalue weighted by Crippen LogP contribution is 2.63. The first-order valence-corrected chi connectivity index (χ1v) is 21.4. The molecular weight excluding hydrogens is 729 g/mol. The number of carbonyl (C=O) groups is 2. The number of ketones is 1. The summed E-state index contributed by atoms with van der Waals surface area (Å²) in [5.41, 5.74) is 5.39. The van der Waals surface area contributed by atoms with Crippen molar-refractivity contribution in [1.29, 1.82) is 0 Å². The van der Waals surface area contributed by atoms with Crippen LogP contribution in [0.15, 0.2) is 66.7 Å². The summed E-state index contributed by atoms with van der Waals surface area (Å²) >= 11 is 0. The maximum absolute atomic E-state index is 14.3. The van der Waals surface area contributed by atoms with E-state index in [2.05, 4.69) is 49.2 Å². The van der Waals surface area contributed by atoms with E-state index >= 15 is 0 Å². The van der Waals surface area contributed by atoms with Crippen molar-refractivity contribution in [2.24, 2.45) is 35.0 Å². The lowest BCUT2D eigenvalue weighted by Gasteiger charge is -2.62. The topological polar surface area (TPSA) is 115 Å². The normalized spacial score (nSPS) is 26.2. The predicted octanol–water partition coefficient (Wildman–Crippen LogP) is 6.86. The molecule has 2 bridgehead atoms. The van der Waals surface area contributed by atoms with E-state index < -0.39 is 24.2 Å². The molecule has 1 aliphatic heterocycles. The molecule has 10 heteroatoms. The number of aliphatic hydroxyl groups is 2. The number of para-hydroxylation sites is 1. The zero-order chi connectivity index (χ0) is 41.9. The molecular formula is C48H68N4O6. The average molecular weight is 797 g/mol. The van der Waals surface area contributed by atoms with E-state index in [1.54, 1.807) is 12.0 Å². The number of nitrogens with zero attached hydrogens (tertiary/aromatic N) is 3. The Kier molecular flexibility index (Phi) is 14.1. The number of benzene rings is 3. The molecule has 3 aromatic rings. The van der Waals surface area contributed by atoms with Crippen LogP contribution in [0.4, 0.5) is 5.69 Å². The molecule has 1 heterocycles. The van der Waals surface area contributed by atoms with E-state index in [9.17, 15) is 19.8 Å². The molecule has 3 saturated carbocycles. The molecule has 1 amide bonds. The van der Waals surface area contributed by atoms with Gasteiger partial charge in [0.1, 0.15) is 17.9 Å². The summed E-state index contributed by atoms with van der Waals surface area (Å²) in [6.45, 7) is 11.8. The van der Waals surface area contributed by atoms with Gasteiger partial charge >= 0.3 is 0 Å². The number of likely N-dealkylation sites (N-methyl/N-ethyl adjacent to an activating group) is 1. The molecule has 58 heavy (non-hydrogen) atoms. The molecule has 0 aromatic heterocycles. The van der Waals surface area contributed by atoms with Crippen molar-refractivity contribution in [3.8, 4) is 16.9 Å². The third-order valence-electron chi connectivity index (χ3n) is 13.7. The number of fused-ring (bicyclic) bond motifs is 2. The molecule has 9 atom stereocenters. The molecule has 4 fully saturated rings. The molecule has 0 unspecified atom stereocenters. The lowest BCUT2D eigenvalue weighted by molar-refractivity contribution is -0.181. The average Bonchev–Trinajstić information content (AvgIpc) is 3.56. The van der Waals surface area contributed by atoms with Crippen LogP contribution in [0.2, 0.25) is 0 Å². The van der Waals surface area contributed by atoms with Gasteiger partial charge in [0, 0.05) is 61.4 Å². The highest BCUT2D eigenvalue weighted by atomic mass is 16.7. The van der Waals surface area contributed by atoms with Crippen molar-refractivity contribution in [3.63, 3.8) is 0 Å². The van der Waals surface area contributed by atoms with Gasteiger partial charge in [-0.05, 0) is 112 Å². The van der Waals surface area contributed by atoms with Crippen LogP contribution in [0.25, 0.3) is 11.1 Å². The summed E-state index contributed by atoms with van der Waals surface area (Å²) in [6, 6.07) is 21.2. The number of Topliss-reactive ketones (excluding diaryl/α,β-unsaturated/α-hetero) is 1. The number of aliphatic hydroxyl groups excluding tert-OH is 2. The van der Waals surface area contributed by atoms with Crippen LogP contribution in [-0.4, -0.2) is 104 Å². The Morgan fingerprint density at radius 2 is 1.78 bits per heavy atom. The van der Waals surface area contributed by atoms with Gasteiger partial charge in [-0.3, -0.25) is 14.4 Å². The molecule has 0 spiro atoms. The number of amides is 1. The third kappa shape index (κ3) is 9.47. The first kappa shape index (κ1) is 43.8. The quantitative estimate of drug-likeness (QED) is 0.127. The summed E-state index contributed by atoms with van der Waals surface area (Å²) in [4.78, 5) is 38.9. The Labute approximate surface area is 346 Å². The maximum atomic E-state index is 14.3. The number of anilines is 1. The number of ether oxygens (including phenoxy) is 1. The zero-order valence-corrected chi connectivity index (χ0v) is 36.3. The number of carbonyl (C=O) groups excluding carboxylic acids is 2. The van der Waals surface area contributed by atoms with Crippen LogP contribution in [0, 0.1) is 35.0 Å². The van der Waals surface area contributed by atoms with Gasteiger partial charge in [-0.1, -0.05) is 69.3 Å². The van der Waals surface area contributed by atoms with Gasteiger partial charge in [0.2, 0.25) is 0 Å². The third-order valence-corrected chi connectivity index (χ3v) is 13.7. The first-order chi connectivity index (χ1) is 27.6. The molecule has 7 rings (SSSR count). The second-order valence-electron chi connectivity index (χ2n) is 18.4. The first-order valence-electron chi connectivity index (χ1n) is 21.4. The van der Waals surface area contributed by atoms with Gasteiger partial charge in [-0.2, -0.15) is 5.06 Å². The Morgan fingerprint density at radius 3 is 2.40 bits per heavy atom. The van der Waals surface area contributed by atoms with Crippen molar-refractivity contribution in [3.05, 3.63) is 83.4 Å². The SMILES string of the molecule is CCOc1c(CN2O[C@@H](CO)[C@@H]([C@H](C)O)[C@H]2C(=O)CC[C@H]2C[C@H]3C[C@@H]([C@@H]2C)C3(C)C)cccc1-c1cc(C(=O)N[C@H](Cc2ccccc2)CN(C)C)cc(N(C)C)c1. The molecule has 10 nitrogen and oxygen atoms in total. The molecule has 0 radical (unpaired) electrons. The van der Waals surface area contributed by atoms with E-state index in [1.165, 1.54) is 6.42 Å². The van der Waals surface area contributed by atoms with Gasteiger partial charge in [0.25, 0.3) is 5.91 Å². The predicted molar refractivity (Wildman–Crippen MR) is 231 cm³/mol. The highest BCUT2D eigenvalue weighted by Gasteiger charge is 2.56. The van der Waals surface area contributed by atoms with Crippen LogP contribution < -0.4 is 15.0 Å². The van der Waals surface area contributed by atoms with Gasteiger partial charge in [0.05, 0.1) is 25.9 Å². The van der Waals surface area contributed by atoms with E-state index in [4.69, 9.17) is 9.57 Å². The summed E-state index contributed by atoms with van der Waals surface area (Å²) < 4.78 is 6.42. The van der Waals surface area contributed by atoms with E-state index in [0.29, 0.717) is 60.5 Å². The smallest absolute Gasteiger partial charge is 0.251 e. The number of rotatable bonds is 18. The molecule has 3 aliphatic carbocycles. The summed E-state index contributed by atoms with van der Waals surface area (Å²) in [5, 5.41) is 26.4.